The zero-order valence-corrected chi connectivity index (χ0v) is 27.9. The van der Waals surface area contributed by atoms with E-state index in [1.54, 1.807) is 17.3 Å². The van der Waals surface area contributed by atoms with E-state index >= 15 is 0 Å². The molecule has 4 heterocycles. The number of thiazole rings is 1. The van der Waals surface area contributed by atoms with Crippen LogP contribution in [-0.4, -0.2) is 71.6 Å². The molecule has 3 aliphatic heterocycles. The van der Waals surface area contributed by atoms with E-state index in [1.807, 2.05) is 12.3 Å². The van der Waals surface area contributed by atoms with Crippen LogP contribution in [0.5, 0.6) is 0 Å². The lowest BCUT2D eigenvalue weighted by Crippen LogP contribution is -2.63. The third-order valence-electron chi connectivity index (χ3n) is 8.91. The molecule has 3 aliphatic rings. The maximum atomic E-state index is 13.6. The first kappa shape index (κ1) is 34.0. The third-order valence-corrected chi connectivity index (χ3v) is 11.0. The summed E-state index contributed by atoms with van der Waals surface area (Å²) in [4.78, 5) is 69.3. The highest BCUT2D eigenvalue weighted by molar-refractivity contribution is 8.03. The second kappa shape index (κ2) is 13.9. The second-order valence-electron chi connectivity index (χ2n) is 12.0. The number of nitrogens with zero attached hydrogens (tertiary/aromatic N) is 5. The Hall–Kier alpha value is -4.87. The summed E-state index contributed by atoms with van der Waals surface area (Å²) in [7, 11) is 0. The number of carbonyl (C=O) groups is 3. The summed E-state index contributed by atoms with van der Waals surface area (Å²) in [5, 5.41) is 34.0. The first-order valence-electron chi connectivity index (χ1n) is 15.3. The van der Waals surface area contributed by atoms with Gasteiger partial charge in [0, 0.05) is 52.3 Å². The van der Waals surface area contributed by atoms with E-state index in [0.717, 1.165) is 0 Å². The molecule has 2 fully saturated rings. The number of nitro groups is 2. The number of aliphatic hydroxyl groups excluding tert-OH is 1. The molecule has 2 amide bonds. The molecule has 0 saturated carbocycles. The van der Waals surface area contributed by atoms with Gasteiger partial charge in [-0.3, -0.25) is 29.9 Å². The lowest BCUT2D eigenvalue weighted by molar-refractivity contribution is -0.385. The largest absolute Gasteiger partial charge is 0.456 e. The Morgan fingerprint density at radius 1 is 1.04 bits per heavy atom. The molecule has 0 aliphatic carbocycles. The van der Waals surface area contributed by atoms with Gasteiger partial charge in [0.1, 0.15) is 18.9 Å². The molecule has 1 aromatic heterocycles. The van der Waals surface area contributed by atoms with E-state index in [4.69, 9.17) is 9.47 Å². The third kappa shape index (κ3) is 6.73. The van der Waals surface area contributed by atoms with Gasteiger partial charge in [-0.15, -0.1) is 23.1 Å². The SMILES string of the molecule is C[C@@H](O)[C@H]1C(=O)N2C(C(=O)OCc3ccc([N+](=O)[O-])cc3)=C(S[C@H]3C[C@@H](c4cscn4)N(C(=O)OCc4ccc([N+](=O)[O-])cc4)C3)[C@H](C)[C@H]12. The Balaban J connectivity index is 1.21. The Labute approximate surface area is 287 Å². The molecule has 0 radical (unpaired) electrons. The number of benzene rings is 2. The molecular formula is C32H31N5O10S2. The van der Waals surface area contributed by atoms with E-state index in [1.165, 1.54) is 76.5 Å². The lowest BCUT2D eigenvalue weighted by Gasteiger charge is -2.46. The first-order chi connectivity index (χ1) is 23.4. The number of hydrogen-bond acceptors (Lipinski definition) is 13. The number of ether oxygens (including phenoxy) is 2. The Kier molecular flexibility index (Phi) is 9.67. The van der Waals surface area contributed by atoms with Crippen molar-refractivity contribution in [2.75, 3.05) is 6.54 Å². The summed E-state index contributed by atoms with van der Waals surface area (Å²) in [6.07, 6.45) is -1.05. The highest BCUT2D eigenvalue weighted by atomic mass is 32.2. The molecule has 2 saturated heterocycles. The minimum absolute atomic E-state index is 0.0747. The van der Waals surface area contributed by atoms with E-state index in [-0.39, 0.29) is 53.9 Å². The molecule has 256 valence electrons. The van der Waals surface area contributed by atoms with Crippen LogP contribution in [0.2, 0.25) is 0 Å². The van der Waals surface area contributed by atoms with Crippen molar-refractivity contribution < 1.29 is 38.8 Å². The summed E-state index contributed by atoms with van der Waals surface area (Å²) in [6, 6.07) is 10.4. The predicted molar refractivity (Wildman–Crippen MR) is 176 cm³/mol. The molecular weight excluding hydrogens is 679 g/mol. The number of thioether (sulfide) groups is 1. The molecule has 17 heteroatoms. The van der Waals surface area contributed by atoms with Crippen molar-refractivity contribution in [3.63, 3.8) is 0 Å². The quantitative estimate of drug-likeness (QED) is 0.122. The summed E-state index contributed by atoms with van der Waals surface area (Å²) >= 11 is 2.77. The van der Waals surface area contributed by atoms with Crippen LogP contribution in [0.3, 0.4) is 0 Å². The van der Waals surface area contributed by atoms with Crippen molar-refractivity contribution in [1.29, 1.82) is 0 Å². The fourth-order valence-electron chi connectivity index (χ4n) is 6.47. The zero-order chi connectivity index (χ0) is 35.0. The van der Waals surface area contributed by atoms with Gasteiger partial charge < -0.3 is 19.5 Å². The smallest absolute Gasteiger partial charge is 0.410 e. The van der Waals surface area contributed by atoms with Crippen LogP contribution in [-0.2, 0) is 32.3 Å². The minimum atomic E-state index is -0.931. The number of amides is 2. The fraction of sp³-hybridized carbons (Fsp3) is 0.375. The van der Waals surface area contributed by atoms with Crippen LogP contribution >= 0.6 is 23.1 Å². The number of non-ortho nitro benzene ring substituents is 2. The fourth-order valence-corrected chi connectivity index (χ4v) is 8.59. The molecule has 0 bridgehead atoms. The van der Waals surface area contributed by atoms with Crippen LogP contribution in [0.4, 0.5) is 16.2 Å². The molecule has 1 N–H and O–H groups in total. The van der Waals surface area contributed by atoms with Crippen LogP contribution < -0.4 is 0 Å². The molecule has 49 heavy (non-hydrogen) atoms. The monoisotopic (exact) mass is 709 g/mol. The number of fused-ring (bicyclic) bond motifs is 1. The second-order valence-corrected chi connectivity index (χ2v) is 14.1. The van der Waals surface area contributed by atoms with Crippen molar-refractivity contribution in [1.82, 2.24) is 14.8 Å². The van der Waals surface area contributed by atoms with Gasteiger partial charge >= 0.3 is 12.1 Å². The van der Waals surface area contributed by atoms with Crippen LogP contribution in [0.25, 0.3) is 0 Å². The number of esters is 1. The van der Waals surface area contributed by atoms with Gasteiger partial charge in [0.15, 0.2) is 0 Å². The minimum Gasteiger partial charge on any atom is -0.456 e. The standard InChI is InChI=1S/C32H31N5O10S2/c1-17-27-26(18(2)38)30(39)35(27)28(31(40)46-13-19-3-7-21(8-4-19)36(42)43)29(17)49-23-11-25(24-15-48-16-33-24)34(12-23)32(41)47-14-20-5-9-22(10-6-20)37(44)45/h3-10,15-18,23,25-27,38H,11-14H2,1-2H3/t17-,18-,23+,25+,26-,27-/m1/s1. The first-order valence-corrected chi connectivity index (χ1v) is 17.1. The highest BCUT2D eigenvalue weighted by Crippen LogP contribution is 2.53. The predicted octanol–water partition coefficient (Wildman–Crippen LogP) is 4.96. The van der Waals surface area contributed by atoms with Crippen LogP contribution in [0, 0.1) is 32.1 Å². The summed E-state index contributed by atoms with van der Waals surface area (Å²) in [5.74, 6) is -2.12. The zero-order valence-electron chi connectivity index (χ0n) is 26.2. The van der Waals surface area contributed by atoms with Gasteiger partial charge in [-0.25, -0.2) is 14.6 Å². The molecule has 3 aromatic rings. The number of nitro benzene ring substituents is 2. The number of β-lactam (4-membered cyclic amide) rings is 1. The van der Waals surface area contributed by atoms with Gasteiger partial charge in [0.25, 0.3) is 11.4 Å². The maximum Gasteiger partial charge on any atom is 0.410 e. The van der Waals surface area contributed by atoms with Crippen molar-refractivity contribution >= 4 is 52.4 Å². The summed E-state index contributed by atoms with van der Waals surface area (Å²) < 4.78 is 11.2. The Morgan fingerprint density at radius 3 is 2.16 bits per heavy atom. The van der Waals surface area contributed by atoms with Gasteiger partial charge in [-0.2, -0.15) is 0 Å². The van der Waals surface area contributed by atoms with Crippen molar-refractivity contribution in [2.45, 2.75) is 56.9 Å². The topological polar surface area (TPSA) is 196 Å². The number of aliphatic hydroxyl groups is 1. The van der Waals surface area contributed by atoms with E-state index in [0.29, 0.717) is 28.1 Å². The summed E-state index contributed by atoms with van der Waals surface area (Å²) in [5.41, 5.74) is 3.38. The highest BCUT2D eigenvalue weighted by Gasteiger charge is 2.60. The number of carbonyl (C=O) groups excluding carboxylic acids is 3. The van der Waals surface area contributed by atoms with Crippen LogP contribution in [0.15, 0.2) is 70.0 Å². The van der Waals surface area contributed by atoms with Gasteiger partial charge in [-0.05, 0) is 48.7 Å². The molecule has 15 nitrogen and oxygen atoms in total. The number of hydrogen-bond donors (Lipinski definition) is 1. The average molecular weight is 710 g/mol. The lowest BCUT2D eigenvalue weighted by atomic mass is 9.79. The molecule has 0 unspecified atom stereocenters. The number of aromatic nitrogens is 1. The Bertz CT molecular complexity index is 1800. The molecule has 2 aromatic carbocycles. The van der Waals surface area contributed by atoms with Gasteiger partial charge in [0.05, 0.1) is 45.2 Å². The Morgan fingerprint density at radius 2 is 1.63 bits per heavy atom. The van der Waals surface area contributed by atoms with Crippen molar-refractivity contribution in [3.05, 3.63) is 107 Å². The number of likely N-dealkylation sites (tertiary alicyclic amines) is 1. The van der Waals surface area contributed by atoms with Crippen molar-refractivity contribution in [3.8, 4) is 0 Å². The summed E-state index contributed by atoms with van der Waals surface area (Å²) in [6.45, 7) is 3.40. The molecule has 0 spiro atoms. The average Bonchev–Trinajstić information content (AvgIpc) is 3.81. The number of rotatable bonds is 11. The van der Waals surface area contributed by atoms with Crippen molar-refractivity contribution in [2.24, 2.45) is 11.8 Å². The van der Waals surface area contributed by atoms with E-state index in [2.05, 4.69) is 4.98 Å². The normalized spacial score (nSPS) is 23.6. The van der Waals surface area contributed by atoms with Gasteiger partial charge in [0.2, 0.25) is 5.91 Å². The molecule has 6 rings (SSSR count). The molecule has 6 atom stereocenters. The van der Waals surface area contributed by atoms with Gasteiger partial charge in [-0.1, -0.05) is 6.92 Å². The van der Waals surface area contributed by atoms with Crippen LogP contribution in [0.1, 0.15) is 43.1 Å². The van der Waals surface area contributed by atoms with E-state index < -0.39 is 46.0 Å². The maximum absolute atomic E-state index is 13.6. The van der Waals surface area contributed by atoms with E-state index in [9.17, 15) is 39.7 Å².